The van der Waals surface area contributed by atoms with E-state index >= 15 is 0 Å². The molecule has 0 radical (unpaired) electrons. The minimum atomic E-state index is -0.967. The van der Waals surface area contributed by atoms with E-state index in [0.717, 1.165) is 5.56 Å². The molecule has 1 aromatic carbocycles. The van der Waals surface area contributed by atoms with E-state index in [4.69, 9.17) is 0 Å². The summed E-state index contributed by atoms with van der Waals surface area (Å²) in [4.78, 5) is 26.9. The van der Waals surface area contributed by atoms with Gasteiger partial charge in [0.25, 0.3) is 0 Å². The van der Waals surface area contributed by atoms with Crippen LogP contribution in [0.3, 0.4) is 0 Å². The van der Waals surface area contributed by atoms with Crippen LogP contribution in [0.15, 0.2) is 43.0 Å². The average molecular weight is 300 g/mol. The van der Waals surface area contributed by atoms with Gasteiger partial charge in [-0.05, 0) is 12.0 Å². The van der Waals surface area contributed by atoms with Crippen LogP contribution < -0.4 is 5.32 Å². The first-order valence-corrected chi connectivity index (χ1v) is 7.52. The largest absolute Gasteiger partial charge is 0.391 e. The molecule has 0 spiro atoms. The standard InChI is InChI=1S/C17H20N2O3/c1-2-8-17-10-13(20)11-19(17)15(21)14(18-16(17)22)9-12-6-4-3-5-7-12/h2-7,13-14,20H,1,8-11H2,(H,18,22)/t13-,14+,17?/m1/s1. The number of rotatable bonds is 4. The summed E-state index contributed by atoms with van der Waals surface area (Å²) >= 11 is 0. The van der Waals surface area contributed by atoms with Crippen LogP contribution in [-0.2, 0) is 16.0 Å². The van der Waals surface area contributed by atoms with Crippen molar-refractivity contribution in [3.8, 4) is 0 Å². The van der Waals surface area contributed by atoms with Gasteiger partial charge in [-0.2, -0.15) is 0 Å². The highest BCUT2D eigenvalue weighted by Gasteiger charge is 2.56. The lowest BCUT2D eigenvalue weighted by atomic mass is 9.86. The van der Waals surface area contributed by atoms with Crippen LogP contribution in [0.1, 0.15) is 18.4 Å². The Kier molecular flexibility index (Phi) is 3.74. The molecule has 0 aromatic heterocycles. The van der Waals surface area contributed by atoms with Gasteiger partial charge in [0, 0.05) is 19.4 Å². The molecule has 5 nitrogen and oxygen atoms in total. The van der Waals surface area contributed by atoms with Crippen LogP contribution in [0.4, 0.5) is 0 Å². The molecule has 2 amide bonds. The van der Waals surface area contributed by atoms with Crippen LogP contribution >= 0.6 is 0 Å². The van der Waals surface area contributed by atoms with Gasteiger partial charge in [0.1, 0.15) is 11.6 Å². The Morgan fingerprint density at radius 1 is 1.36 bits per heavy atom. The Morgan fingerprint density at radius 3 is 2.77 bits per heavy atom. The number of aliphatic hydroxyl groups excluding tert-OH is 1. The molecule has 2 heterocycles. The van der Waals surface area contributed by atoms with Gasteiger partial charge in [0.05, 0.1) is 6.10 Å². The SMILES string of the molecule is C=CCC12C[C@@H](O)CN1C(=O)[C@H](Cc1ccccc1)NC2=O. The van der Waals surface area contributed by atoms with Crippen molar-refractivity contribution in [3.63, 3.8) is 0 Å². The van der Waals surface area contributed by atoms with Crippen LogP contribution in [-0.4, -0.2) is 46.1 Å². The number of fused-ring (bicyclic) bond motifs is 1. The summed E-state index contributed by atoms with van der Waals surface area (Å²) in [7, 11) is 0. The fourth-order valence-corrected chi connectivity index (χ4v) is 3.52. The summed E-state index contributed by atoms with van der Waals surface area (Å²) in [5, 5.41) is 12.8. The highest BCUT2D eigenvalue weighted by Crippen LogP contribution is 2.36. The molecular formula is C17H20N2O3. The highest BCUT2D eigenvalue weighted by molar-refractivity contribution is 6.00. The van der Waals surface area contributed by atoms with Gasteiger partial charge in [-0.15, -0.1) is 6.58 Å². The minimum Gasteiger partial charge on any atom is -0.391 e. The predicted molar refractivity (Wildman–Crippen MR) is 82.0 cm³/mol. The fourth-order valence-electron chi connectivity index (χ4n) is 3.52. The molecular weight excluding hydrogens is 280 g/mol. The van der Waals surface area contributed by atoms with Crippen molar-refractivity contribution in [2.24, 2.45) is 0 Å². The number of β-amino-alcohol motifs (C(OH)–C–C–N with tert-alkyl or cyclic N) is 1. The van der Waals surface area contributed by atoms with Crippen LogP contribution in [0, 0.1) is 0 Å². The van der Waals surface area contributed by atoms with E-state index in [0.29, 0.717) is 12.8 Å². The highest BCUT2D eigenvalue weighted by atomic mass is 16.3. The first-order chi connectivity index (χ1) is 10.6. The molecule has 5 heteroatoms. The number of aliphatic hydroxyl groups is 1. The third-order valence-corrected chi connectivity index (χ3v) is 4.54. The second-order valence-corrected chi connectivity index (χ2v) is 6.05. The van der Waals surface area contributed by atoms with Gasteiger partial charge in [-0.1, -0.05) is 36.4 Å². The number of hydrogen-bond acceptors (Lipinski definition) is 3. The Hall–Kier alpha value is -2.14. The van der Waals surface area contributed by atoms with E-state index in [1.54, 1.807) is 11.0 Å². The van der Waals surface area contributed by atoms with E-state index in [9.17, 15) is 14.7 Å². The van der Waals surface area contributed by atoms with E-state index in [2.05, 4.69) is 11.9 Å². The second-order valence-electron chi connectivity index (χ2n) is 6.05. The summed E-state index contributed by atoms with van der Waals surface area (Å²) in [5.74, 6) is -0.314. The molecule has 1 unspecified atom stereocenters. The van der Waals surface area contributed by atoms with Gasteiger partial charge in [0.15, 0.2) is 0 Å². The van der Waals surface area contributed by atoms with Crippen LogP contribution in [0.25, 0.3) is 0 Å². The van der Waals surface area contributed by atoms with E-state index in [1.807, 2.05) is 30.3 Å². The van der Waals surface area contributed by atoms with Crippen molar-refractivity contribution in [1.82, 2.24) is 10.2 Å². The zero-order valence-electron chi connectivity index (χ0n) is 12.4. The number of nitrogens with zero attached hydrogens (tertiary/aromatic N) is 1. The number of piperazine rings is 1. The normalized spacial score (nSPS) is 30.9. The molecule has 3 atom stereocenters. The van der Waals surface area contributed by atoms with E-state index in [1.165, 1.54) is 0 Å². The molecule has 2 aliphatic heterocycles. The topological polar surface area (TPSA) is 69.6 Å². The van der Waals surface area contributed by atoms with Crippen molar-refractivity contribution in [3.05, 3.63) is 48.6 Å². The van der Waals surface area contributed by atoms with Crippen molar-refractivity contribution in [2.45, 2.75) is 36.9 Å². The molecule has 1 aromatic rings. The molecule has 0 bridgehead atoms. The number of carbonyl (C=O) groups is 2. The summed E-state index contributed by atoms with van der Waals surface area (Å²) < 4.78 is 0. The smallest absolute Gasteiger partial charge is 0.247 e. The van der Waals surface area contributed by atoms with Gasteiger partial charge in [0.2, 0.25) is 11.8 Å². The average Bonchev–Trinajstić information content (AvgIpc) is 2.84. The minimum absolute atomic E-state index is 0.123. The first-order valence-electron chi connectivity index (χ1n) is 7.52. The molecule has 116 valence electrons. The summed E-state index contributed by atoms with van der Waals surface area (Å²) in [6.07, 6.45) is 2.07. The van der Waals surface area contributed by atoms with Crippen molar-refractivity contribution in [1.29, 1.82) is 0 Å². The molecule has 22 heavy (non-hydrogen) atoms. The van der Waals surface area contributed by atoms with E-state index < -0.39 is 17.7 Å². The van der Waals surface area contributed by atoms with Crippen molar-refractivity contribution in [2.75, 3.05) is 6.54 Å². The number of nitrogens with one attached hydrogen (secondary N) is 1. The first kappa shape index (κ1) is 14.8. The van der Waals surface area contributed by atoms with Crippen molar-refractivity contribution >= 4 is 11.8 Å². The Labute approximate surface area is 129 Å². The number of carbonyl (C=O) groups excluding carboxylic acids is 2. The molecule has 0 aliphatic carbocycles. The lowest BCUT2D eigenvalue weighted by Gasteiger charge is -2.43. The summed E-state index contributed by atoms with van der Waals surface area (Å²) in [6.45, 7) is 3.90. The third kappa shape index (κ3) is 2.31. The maximum absolute atomic E-state index is 12.7. The maximum Gasteiger partial charge on any atom is 0.247 e. The Bertz CT molecular complexity index is 601. The fraction of sp³-hybridized carbons (Fsp3) is 0.412. The third-order valence-electron chi connectivity index (χ3n) is 4.54. The molecule has 3 rings (SSSR count). The van der Waals surface area contributed by atoms with Crippen LogP contribution in [0.2, 0.25) is 0 Å². The van der Waals surface area contributed by atoms with Crippen LogP contribution in [0.5, 0.6) is 0 Å². The molecule has 0 saturated carbocycles. The van der Waals surface area contributed by atoms with Gasteiger partial charge in [-0.3, -0.25) is 9.59 Å². The molecule has 2 fully saturated rings. The number of benzene rings is 1. The molecule has 2 N–H and O–H groups in total. The zero-order chi connectivity index (χ0) is 15.7. The molecule has 2 aliphatic rings. The number of hydrogen-bond donors (Lipinski definition) is 2. The quantitative estimate of drug-likeness (QED) is 0.802. The van der Waals surface area contributed by atoms with Gasteiger partial charge < -0.3 is 15.3 Å². The van der Waals surface area contributed by atoms with Crippen molar-refractivity contribution < 1.29 is 14.7 Å². The predicted octanol–water partition coefficient (Wildman–Crippen LogP) is 0.636. The second kappa shape index (κ2) is 5.57. The monoisotopic (exact) mass is 300 g/mol. The van der Waals surface area contributed by atoms with Gasteiger partial charge >= 0.3 is 0 Å². The van der Waals surface area contributed by atoms with Gasteiger partial charge in [-0.25, -0.2) is 0 Å². The van der Waals surface area contributed by atoms with E-state index in [-0.39, 0.29) is 24.8 Å². The Balaban J connectivity index is 1.86. The zero-order valence-corrected chi connectivity index (χ0v) is 12.4. The lowest BCUT2D eigenvalue weighted by molar-refractivity contribution is -0.154. The number of amides is 2. The lowest BCUT2D eigenvalue weighted by Crippen LogP contribution is -2.68. The summed E-state index contributed by atoms with van der Waals surface area (Å²) in [5.41, 5.74) is 0.0305. The Morgan fingerprint density at radius 2 is 2.09 bits per heavy atom. The molecule has 2 saturated heterocycles. The summed E-state index contributed by atoms with van der Waals surface area (Å²) in [6, 6.07) is 9.03. The maximum atomic E-state index is 12.7.